The van der Waals surface area contributed by atoms with E-state index < -0.39 is 0 Å². The molecule has 0 heterocycles. The third kappa shape index (κ3) is 4.01. The summed E-state index contributed by atoms with van der Waals surface area (Å²) in [6, 6.07) is 16.5. The van der Waals surface area contributed by atoms with E-state index in [1.807, 2.05) is 30.3 Å². The fourth-order valence-electron chi connectivity index (χ4n) is 2.07. The van der Waals surface area contributed by atoms with E-state index in [0.717, 1.165) is 11.8 Å². The third-order valence-electron chi connectivity index (χ3n) is 3.45. The number of nitrogens with one attached hydrogen (secondary N) is 2. The maximum absolute atomic E-state index is 10.8. The summed E-state index contributed by atoms with van der Waals surface area (Å²) in [6.45, 7) is 0. The van der Waals surface area contributed by atoms with Crippen molar-refractivity contribution in [2.24, 2.45) is 0 Å². The maximum Gasteiger partial charge on any atom is 0.150 e. The molecule has 0 spiro atoms. The summed E-state index contributed by atoms with van der Waals surface area (Å²) < 4.78 is 0. The topological polar surface area (TPSA) is 68.0 Å². The molecule has 0 aliphatic heterocycles. The van der Waals surface area contributed by atoms with Gasteiger partial charge in [-0.05, 0) is 11.6 Å². The number of hydrogen-bond acceptors (Lipinski definition) is 3. The molecule has 2 aromatic carbocycles. The minimum Gasteiger partial charge on any atom is -0.363 e. The van der Waals surface area contributed by atoms with Gasteiger partial charge in [0.1, 0.15) is 12.1 Å². The van der Waals surface area contributed by atoms with Crippen LogP contribution in [-0.4, -0.2) is 36.8 Å². The van der Waals surface area contributed by atoms with Crippen molar-refractivity contribution in [1.82, 2.24) is 4.90 Å². The Kier molecular flexibility index (Phi) is 5.20. The lowest BCUT2D eigenvalue weighted by Gasteiger charge is -2.14. The molecule has 0 aliphatic carbocycles. The first kappa shape index (κ1) is 16.4. The second-order valence-corrected chi connectivity index (χ2v) is 5.32. The minimum atomic E-state index is 0.318. The highest BCUT2D eigenvalue weighted by Crippen LogP contribution is 2.20. The molecule has 4 heteroatoms. The maximum atomic E-state index is 10.8. The van der Waals surface area contributed by atoms with Crippen molar-refractivity contribution in [1.29, 1.82) is 10.8 Å². The summed E-state index contributed by atoms with van der Waals surface area (Å²) in [5.74, 6) is 0.318. The number of rotatable bonds is 5. The van der Waals surface area contributed by atoms with Gasteiger partial charge in [-0.1, -0.05) is 54.6 Å². The molecule has 0 aliphatic rings. The van der Waals surface area contributed by atoms with E-state index in [0.29, 0.717) is 28.2 Å². The van der Waals surface area contributed by atoms with Crippen LogP contribution in [0.15, 0.2) is 60.7 Å². The Labute approximate surface area is 136 Å². The molecule has 0 fully saturated rings. The van der Waals surface area contributed by atoms with Gasteiger partial charge in [0.2, 0.25) is 0 Å². The van der Waals surface area contributed by atoms with Crippen LogP contribution in [0.25, 0.3) is 5.57 Å². The molecule has 116 valence electrons. The first-order valence-electron chi connectivity index (χ1n) is 7.20. The van der Waals surface area contributed by atoms with Gasteiger partial charge in [-0.25, -0.2) is 0 Å². The molecular formula is C19H19N3O. The third-order valence-corrected chi connectivity index (χ3v) is 3.45. The van der Waals surface area contributed by atoms with Crippen molar-refractivity contribution in [2.75, 3.05) is 14.1 Å². The zero-order valence-electron chi connectivity index (χ0n) is 13.2. The van der Waals surface area contributed by atoms with Crippen molar-refractivity contribution < 1.29 is 4.79 Å². The number of benzene rings is 2. The Morgan fingerprint density at radius 3 is 2.04 bits per heavy atom. The zero-order chi connectivity index (χ0) is 16.8. The fourth-order valence-corrected chi connectivity index (χ4v) is 2.07. The number of nitrogens with zero attached hydrogens (tertiary/aromatic N) is 1. The number of amidine groups is 1. The summed E-state index contributed by atoms with van der Waals surface area (Å²) in [6.07, 6.45) is 2.47. The molecule has 2 aromatic rings. The van der Waals surface area contributed by atoms with Crippen LogP contribution >= 0.6 is 0 Å². The minimum absolute atomic E-state index is 0.318. The molecule has 0 bridgehead atoms. The van der Waals surface area contributed by atoms with E-state index in [1.54, 1.807) is 49.3 Å². The smallest absolute Gasteiger partial charge is 0.150 e. The van der Waals surface area contributed by atoms with Crippen LogP contribution in [0.3, 0.4) is 0 Å². The zero-order valence-corrected chi connectivity index (χ0v) is 13.2. The molecule has 0 unspecified atom stereocenters. The van der Waals surface area contributed by atoms with Crippen LogP contribution in [0.1, 0.15) is 21.5 Å². The number of likely N-dealkylation sites (N-methyl/N-ethyl adjacent to an activating group) is 1. The lowest BCUT2D eigenvalue weighted by atomic mass is 9.95. The molecule has 0 aromatic heterocycles. The Hall–Kier alpha value is -3.01. The van der Waals surface area contributed by atoms with E-state index in [-0.39, 0.29) is 0 Å². The van der Waals surface area contributed by atoms with Crippen molar-refractivity contribution in [2.45, 2.75) is 0 Å². The molecule has 0 saturated carbocycles. The van der Waals surface area contributed by atoms with E-state index in [1.165, 1.54) is 0 Å². The highest BCUT2D eigenvalue weighted by molar-refractivity contribution is 6.32. The molecule has 4 nitrogen and oxygen atoms in total. The largest absolute Gasteiger partial charge is 0.363 e. The molecule has 0 saturated heterocycles. The average Bonchev–Trinajstić information content (AvgIpc) is 2.59. The molecule has 0 radical (unpaired) electrons. The van der Waals surface area contributed by atoms with Crippen molar-refractivity contribution in [3.8, 4) is 0 Å². The van der Waals surface area contributed by atoms with Crippen molar-refractivity contribution in [3.05, 3.63) is 77.4 Å². The standard InChI is InChI=1S/C19H19N3O/c1-22(2)18(20)12-17(15-6-4-3-5-7-15)19(21)16-10-8-14(13-23)9-11-16/h3-13,20-21H,1-2H3/b17-12-,20-18?,21-19?. The monoisotopic (exact) mass is 305 g/mol. The molecule has 0 amide bonds. The average molecular weight is 305 g/mol. The predicted octanol–water partition coefficient (Wildman–Crippen LogP) is 3.49. The first-order valence-corrected chi connectivity index (χ1v) is 7.20. The van der Waals surface area contributed by atoms with Gasteiger partial charge in [0.15, 0.2) is 0 Å². The quantitative estimate of drug-likeness (QED) is 0.504. The van der Waals surface area contributed by atoms with E-state index in [4.69, 9.17) is 10.8 Å². The predicted molar refractivity (Wildman–Crippen MR) is 94.5 cm³/mol. The molecule has 23 heavy (non-hydrogen) atoms. The van der Waals surface area contributed by atoms with Gasteiger partial charge in [-0.3, -0.25) is 15.6 Å². The second kappa shape index (κ2) is 7.31. The van der Waals surface area contributed by atoms with Crippen molar-refractivity contribution >= 4 is 23.4 Å². The number of carbonyl (C=O) groups excluding carboxylic acids is 1. The van der Waals surface area contributed by atoms with E-state index >= 15 is 0 Å². The Morgan fingerprint density at radius 1 is 0.913 bits per heavy atom. The normalized spacial score (nSPS) is 11.0. The van der Waals surface area contributed by atoms with Crippen LogP contribution in [0.4, 0.5) is 0 Å². The summed E-state index contributed by atoms with van der Waals surface area (Å²) in [5, 5.41) is 16.6. The summed E-state index contributed by atoms with van der Waals surface area (Å²) >= 11 is 0. The summed E-state index contributed by atoms with van der Waals surface area (Å²) in [7, 11) is 3.59. The molecule has 2 N–H and O–H groups in total. The van der Waals surface area contributed by atoms with Gasteiger partial charge >= 0.3 is 0 Å². The SMILES string of the molecule is CN(C)C(=N)/C=C(\C(=N)c1ccc(C=O)cc1)c1ccccc1. The van der Waals surface area contributed by atoms with Gasteiger partial charge in [0.05, 0.1) is 5.71 Å². The molecule has 2 rings (SSSR count). The van der Waals surface area contributed by atoms with Crippen LogP contribution in [0.2, 0.25) is 0 Å². The Morgan fingerprint density at radius 2 is 1.52 bits per heavy atom. The first-order chi connectivity index (χ1) is 11.0. The van der Waals surface area contributed by atoms with E-state index in [2.05, 4.69) is 0 Å². The van der Waals surface area contributed by atoms with E-state index in [9.17, 15) is 4.79 Å². The fraction of sp³-hybridized carbons (Fsp3) is 0.105. The van der Waals surface area contributed by atoms with Gasteiger partial charge in [-0.15, -0.1) is 0 Å². The highest BCUT2D eigenvalue weighted by atomic mass is 16.1. The van der Waals surface area contributed by atoms with Crippen LogP contribution in [-0.2, 0) is 0 Å². The van der Waals surface area contributed by atoms with Gasteiger partial charge in [-0.2, -0.15) is 0 Å². The lowest BCUT2D eigenvalue weighted by molar-refractivity contribution is 0.112. The number of carbonyl (C=O) groups is 1. The highest BCUT2D eigenvalue weighted by Gasteiger charge is 2.12. The van der Waals surface area contributed by atoms with Crippen LogP contribution < -0.4 is 0 Å². The summed E-state index contributed by atoms with van der Waals surface area (Å²) in [5.41, 5.74) is 3.15. The molecule has 0 atom stereocenters. The van der Waals surface area contributed by atoms with Gasteiger partial charge in [0.25, 0.3) is 0 Å². The number of hydrogen-bond donors (Lipinski definition) is 2. The molecular weight excluding hydrogens is 286 g/mol. The lowest BCUT2D eigenvalue weighted by Crippen LogP contribution is -2.19. The number of aldehydes is 1. The summed E-state index contributed by atoms with van der Waals surface area (Å²) in [4.78, 5) is 12.5. The Bertz CT molecular complexity index is 744. The van der Waals surface area contributed by atoms with Crippen LogP contribution in [0, 0.1) is 10.8 Å². The Balaban J connectivity index is 2.46. The second-order valence-electron chi connectivity index (χ2n) is 5.32. The van der Waals surface area contributed by atoms with Crippen molar-refractivity contribution in [3.63, 3.8) is 0 Å². The van der Waals surface area contributed by atoms with Gasteiger partial charge in [0, 0.05) is 30.8 Å². The van der Waals surface area contributed by atoms with Crippen LogP contribution in [0.5, 0.6) is 0 Å². The number of allylic oxidation sites excluding steroid dienone is 1. The van der Waals surface area contributed by atoms with Gasteiger partial charge < -0.3 is 4.90 Å².